The molecule has 2 amide bonds. The van der Waals surface area contributed by atoms with Crippen LogP contribution in [0, 0.1) is 12.8 Å². The van der Waals surface area contributed by atoms with Crippen LogP contribution in [-0.4, -0.2) is 51.9 Å². The van der Waals surface area contributed by atoms with Gasteiger partial charge in [0.1, 0.15) is 0 Å². The first-order valence-corrected chi connectivity index (χ1v) is 13.8. The molecule has 3 heterocycles. The average Bonchev–Trinajstić information content (AvgIpc) is 3.34. The number of H-pyrrole nitrogens is 1. The Bertz CT molecular complexity index is 1260. The van der Waals surface area contributed by atoms with Crippen molar-refractivity contribution in [3.8, 4) is 0 Å². The predicted molar refractivity (Wildman–Crippen MR) is 146 cm³/mol. The van der Waals surface area contributed by atoms with Crippen LogP contribution in [-0.2, 0) is 16.0 Å². The number of pyridine rings is 1. The number of aromatic nitrogens is 2. The van der Waals surface area contributed by atoms with Crippen LogP contribution in [0.25, 0.3) is 11.0 Å². The number of amides is 2. The minimum absolute atomic E-state index is 0.104. The Kier molecular flexibility index (Phi) is 7.81. The maximum absolute atomic E-state index is 12.9. The zero-order chi connectivity index (χ0) is 25.9. The summed E-state index contributed by atoms with van der Waals surface area (Å²) in [5.41, 5.74) is 11.3. The summed E-state index contributed by atoms with van der Waals surface area (Å²) in [6, 6.07) is 9.72. The molecule has 3 aromatic rings. The van der Waals surface area contributed by atoms with Gasteiger partial charge >= 0.3 is 0 Å². The molecule has 2 fully saturated rings. The minimum Gasteiger partial charge on any atom is -0.368 e. The van der Waals surface area contributed by atoms with Crippen LogP contribution in [0.5, 0.6) is 0 Å². The van der Waals surface area contributed by atoms with Gasteiger partial charge in [0, 0.05) is 36.5 Å². The number of nitrogens with one attached hydrogen (secondary N) is 2. The van der Waals surface area contributed by atoms with Gasteiger partial charge in [0.15, 0.2) is 0 Å². The standard InChI is InChI=1S/C29H36ClN5O2/c1-18-4-5-19(15-24(18)30)16-26(36)35-13-10-21(11-14-35)27(29(31)37)34-22-8-6-20(7-9-22)23-17-33-25-3-2-12-32-28(23)25/h2-5,12,15,17,20-22,27,33-34H,6-11,13-14,16H2,1H3,(H2,31,37). The molecule has 4 N–H and O–H groups in total. The highest BCUT2D eigenvalue weighted by atomic mass is 35.5. The van der Waals surface area contributed by atoms with E-state index >= 15 is 0 Å². The summed E-state index contributed by atoms with van der Waals surface area (Å²) in [6.07, 6.45) is 9.97. The van der Waals surface area contributed by atoms with Crippen LogP contribution in [0.15, 0.2) is 42.7 Å². The number of aromatic amines is 1. The lowest BCUT2D eigenvalue weighted by molar-refractivity contribution is -0.132. The fourth-order valence-electron chi connectivity index (χ4n) is 6.08. The first-order valence-electron chi connectivity index (χ1n) is 13.4. The van der Waals surface area contributed by atoms with Crippen molar-refractivity contribution in [1.82, 2.24) is 20.2 Å². The van der Waals surface area contributed by atoms with E-state index in [0.29, 0.717) is 30.5 Å². The number of carbonyl (C=O) groups is 2. The average molecular weight is 522 g/mol. The van der Waals surface area contributed by atoms with Crippen LogP contribution in [0.4, 0.5) is 0 Å². The summed E-state index contributed by atoms with van der Waals surface area (Å²) in [4.78, 5) is 35.1. The number of nitrogens with two attached hydrogens (primary N) is 1. The van der Waals surface area contributed by atoms with E-state index in [9.17, 15) is 9.59 Å². The van der Waals surface area contributed by atoms with Crippen molar-refractivity contribution >= 4 is 34.4 Å². The highest BCUT2D eigenvalue weighted by Crippen LogP contribution is 2.36. The lowest BCUT2D eigenvalue weighted by Gasteiger charge is -2.38. The zero-order valence-corrected chi connectivity index (χ0v) is 22.1. The largest absolute Gasteiger partial charge is 0.368 e. The smallest absolute Gasteiger partial charge is 0.234 e. The number of benzene rings is 1. The van der Waals surface area contributed by atoms with Crippen LogP contribution in [0.3, 0.4) is 0 Å². The second kappa shape index (κ2) is 11.2. The molecule has 196 valence electrons. The Labute approximate surface area is 223 Å². The molecule has 0 radical (unpaired) electrons. The molecule has 1 aliphatic carbocycles. The third-order valence-electron chi connectivity index (χ3n) is 8.31. The van der Waals surface area contributed by atoms with Crippen molar-refractivity contribution in [2.75, 3.05) is 13.1 Å². The second-order valence-corrected chi connectivity index (χ2v) is 11.1. The van der Waals surface area contributed by atoms with Crippen LogP contribution in [0.2, 0.25) is 5.02 Å². The summed E-state index contributed by atoms with van der Waals surface area (Å²) in [5, 5.41) is 4.29. The van der Waals surface area contributed by atoms with Gasteiger partial charge in [-0.1, -0.05) is 23.7 Å². The van der Waals surface area contributed by atoms with Crippen molar-refractivity contribution in [3.05, 3.63) is 64.4 Å². The monoisotopic (exact) mass is 521 g/mol. The number of piperidine rings is 1. The van der Waals surface area contributed by atoms with Gasteiger partial charge < -0.3 is 20.9 Å². The molecule has 1 atom stereocenters. The van der Waals surface area contributed by atoms with Crippen LogP contribution < -0.4 is 11.1 Å². The molecule has 5 rings (SSSR count). The highest BCUT2D eigenvalue weighted by Gasteiger charge is 2.34. The van der Waals surface area contributed by atoms with E-state index in [0.717, 1.165) is 60.7 Å². The topological polar surface area (TPSA) is 104 Å². The predicted octanol–water partition coefficient (Wildman–Crippen LogP) is 4.48. The summed E-state index contributed by atoms with van der Waals surface area (Å²) < 4.78 is 0. The highest BCUT2D eigenvalue weighted by molar-refractivity contribution is 6.31. The van der Waals surface area contributed by atoms with Crippen molar-refractivity contribution in [2.24, 2.45) is 11.7 Å². The van der Waals surface area contributed by atoms with Crippen LogP contribution in [0.1, 0.15) is 61.1 Å². The van der Waals surface area contributed by atoms with E-state index in [4.69, 9.17) is 17.3 Å². The fourth-order valence-corrected chi connectivity index (χ4v) is 6.28. The van der Waals surface area contributed by atoms with Gasteiger partial charge in [-0.15, -0.1) is 0 Å². The number of likely N-dealkylation sites (tertiary alicyclic amines) is 1. The van der Waals surface area contributed by atoms with E-state index in [1.165, 1.54) is 5.56 Å². The molecule has 7 nitrogen and oxygen atoms in total. The summed E-state index contributed by atoms with van der Waals surface area (Å²) in [5.74, 6) is 0.436. The molecule has 2 aromatic heterocycles. The lowest BCUT2D eigenvalue weighted by Crippen LogP contribution is -2.54. The Hall–Kier alpha value is -2.90. The van der Waals surface area contributed by atoms with Crippen molar-refractivity contribution in [2.45, 2.75) is 69.9 Å². The number of carbonyl (C=O) groups excluding carboxylic acids is 2. The summed E-state index contributed by atoms with van der Waals surface area (Å²) in [7, 11) is 0. The van der Waals surface area contributed by atoms with Crippen LogP contribution >= 0.6 is 11.6 Å². The molecule has 2 aliphatic rings. The fraction of sp³-hybridized carbons (Fsp3) is 0.483. The molecule has 0 spiro atoms. The van der Waals surface area contributed by atoms with E-state index < -0.39 is 0 Å². The number of primary amides is 1. The maximum atomic E-state index is 12.9. The molecule has 1 unspecified atom stereocenters. The number of aryl methyl sites for hydroxylation is 1. The van der Waals surface area contributed by atoms with E-state index in [-0.39, 0.29) is 29.8 Å². The third kappa shape index (κ3) is 5.83. The van der Waals surface area contributed by atoms with Gasteiger partial charge in [-0.3, -0.25) is 14.6 Å². The molecule has 0 bridgehead atoms. The number of rotatable bonds is 7. The third-order valence-corrected chi connectivity index (χ3v) is 8.72. The number of hydrogen-bond donors (Lipinski definition) is 3. The van der Waals surface area contributed by atoms with Gasteiger partial charge in [-0.05, 0) is 92.2 Å². The first-order chi connectivity index (χ1) is 17.9. The van der Waals surface area contributed by atoms with Crippen molar-refractivity contribution in [3.63, 3.8) is 0 Å². The Morgan fingerprint density at radius 3 is 2.62 bits per heavy atom. The van der Waals surface area contributed by atoms with Crippen molar-refractivity contribution < 1.29 is 9.59 Å². The molecular weight excluding hydrogens is 486 g/mol. The van der Waals surface area contributed by atoms with Crippen molar-refractivity contribution in [1.29, 1.82) is 0 Å². The molecule has 1 saturated heterocycles. The molecule has 1 saturated carbocycles. The van der Waals surface area contributed by atoms with E-state index in [1.807, 2.05) is 42.3 Å². The van der Waals surface area contributed by atoms with Gasteiger partial charge in [0.25, 0.3) is 0 Å². The number of nitrogens with zero attached hydrogens (tertiary/aromatic N) is 2. The number of hydrogen-bond acceptors (Lipinski definition) is 4. The second-order valence-electron chi connectivity index (χ2n) is 10.7. The lowest BCUT2D eigenvalue weighted by atomic mass is 9.81. The van der Waals surface area contributed by atoms with Gasteiger partial charge in [-0.2, -0.15) is 0 Å². The minimum atomic E-state index is -0.357. The molecule has 8 heteroatoms. The van der Waals surface area contributed by atoms with Gasteiger partial charge in [0.05, 0.1) is 23.5 Å². The molecule has 1 aromatic carbocycles. The summed E-state index contributed by atoms with van der Waals surface area (Å²) in [6.45, 7) is 3.25. The molecule has 37 heavy (non-hydrogen) atoms. The zero-order valence-electron chi connectivity index (χ0n) is 21.4. The Morgan fingerprint density at radius 2 is 1.92 bits per heavy atom. The molecule has 1 aliphatic heterocycles. The maximum Gasteiger partial charge on any atom is 0.234 e. The van der Waals surface area contributed by atoms with Gasteiger partial charge in [0.2, 0.25) is 11.8 Å². The number of fused-ring (bicyclic) bond motifs is 1. The SMILES string of the molecule is Cc1ccc(CC(=O)N2CCC(C(NC3CCC(c4c[nH]c5cccnc45)CC3)C(N)=O)CC2)cc1Cl. The Morgan fingerprint density at radius 1 is 1.16 bits per heavy atom. The Balaban J connectivity index is 1.12. The normalized spacial score (nSPS) is 21.7. The van der Waals surface area contributed by atoms with Gasteiger partial charge in [-0.25, -0.2) is 0 Å². The quantitative estimate of drug-likeness (QED) is 0.426. The number of halogens is 1. The molecular formula is C29H36ClN5O2. The van der Waals surface area contributed by atoms with E-state index in [1.54, 1.807) is 0 Å². The van der Waals surface area contributed by atoms with E-state index in [2.05, 4.69) is 27.5 Å². The first kappa shape index (κ1) is 25.7. The summed E-state index contributed by atoms with van der Waals surface area (Å²) >= 11 is 6.22.